The molecular weight excluding hydrogens is 394 g/mol. The molecule has 2 N–H and O–H groups in total. The maximum atomic E-state index is 12.4. The predicted octanol–water partition coefficient (Wildman–Crippen LogP) is 4.99. The number of nitrogens with zero attached hydrogens (tertiary/aromatic N) is 1. The first kappa shape index (κ1) is 18.7. The van der Waals surface area contributed by atoms with E-state index in [2.05, 4.69) is 15.6 Å². The largest absolute Gasteiger partial charge is 0.326 e. The zero-order chi connectivity index (χ0) is 19.5. The van der Waals surface area contributed by atoms with Crippen molar-refractivity contribution in [3.8, 4) is 0 Å². The molecule has 0 bridgehead atoms. The minimum atomic E-state index is -0.229. The van der Waals surface area contributed by atoms with Crippen molar-refractivity contribution in [1.82, 2.24) is 4.98 Å². The Bertz CT molecular complexity index is 995. The molecule has 3 aromatic rings. The second-order valence-corrected chi connectivity index (χ2v) is 8.28. The summed E-state index contributed by atoms with van der Waals surface area (Å²) in [5.41, 5.74) is 2.35. The lowest BCUT2D eigenvalue weighted by Crippen LogP contribution is -2.14. The highest BCUT2D eigenvalue weighted by Crippen LogP contribution is 2.30. The number of rotatable bonds is 6. The summed E-state index contributed by atoms with van der Waals surface area (Å²) in [6.07, 6.45) is 4.42. The fourth-order valence-corrected chi connectivity index (χ4v) is 3.68. The van der Waals surface area contributed by atoms with E-state index in [1.807, 2.05) is 24.3 Å². The van der Waals surface area contributed by atoms with Gasteiger partial charge in [-0.05, 0) is 54.8 Å². The number of hydrogen-bond acceptors (Lipinski definition) is 4. The zero-order valence-electron chi connectivity index (χ0n) is 14.9. The molecule has 0 unspecified atom stereocenters. The number of amides is 2. The van der Waals surface area contributed by atoms with E-state index in [-0.39, 0.29) is 17.7 Å². The van der Waals surface area contributed by atoms with Gasteiger partial charge < -0.3 is 5.32 Å². The summed E-state index contributed by atoms with van der Waals surface area (Å²) in [4.78, 5) is 29.5. The van der Waals surface area contributed by atoms with E-state index in [1.165, 1.54) is 11.3 Å². The van der Waals surface area contributed by atoms with Crippen LogP contribution in [0.3, 0.4) is 0 Å². The van der Waals surface area contributed by atoms with Gasteiger partial charge in [-0.2, -0.15) is 0 Å². The molecule has 1 aromatic heterocycles. The Balaban J connectivity index is 1.34. The SMILES string of the molecule is O=C(Nc1ncc(Cc2ccc(Cl)cc2)s1)c1ccc(NC(=O)C2CC2)cc1. The van der Waals surface area contributed by atoms with Gasteiger partial charge in [0.25, 0.3) is 5.91 Å². The molecule has 1 aliphatic rings. The minimum Gasteiger partial charge on any atom is -0.326 e. The summed E-state index contributed by atoms with van der Waals surface area (Å²) < 4.78 is 0. The van der Waals surface area contributed by atoms with Gasteiger partial charge in [0.15, 0.2) is 5.13 Å². The predicted molar refractivity (Wildman–Crippen MR) is 112 cm³/mol. The number of nitrogens with one attached hydrogen (secondary N) is 2. The molecule has 5 nitrogen and oxygen atoms in total. The standard InChI is InChI=1S/C21H18ClN3O2S/c22-16-7-1-13(2-8-16)11-18-12-23-21(28-18)25-20(27)15-5-9-17(10-6-15)24-19(26)14-3-4-14/h1-2,5-10,12,14H,3-4,11H2,(H,24,26)(H,23,25,27). The fourth-order valence-electron chi connectivity index (χ4n) is 2.71. The van der Waals surface area contributed by atoms with E-state index >= 15 is 0 Å². The molecule has 0 spiro atoms. The van der Waals surface area contributed by atoms with Gasteiger partial charge in [0, 0.05) is 39.7 Å². The maximum absolute atomic E-state index is 12.4. The van der Waals surface area contributed by atoms with E-state index in [0.717, 1.165) is 29.7 Å². The van der Waals surface area contributed by atoms with E-state index in [9.17, 15) is 9.59 Å². The van der Waals surface area contributed by atoms with Crippen LogP contribution in [-0.4, -0.2) is 16.8 Å². The Hall–Kier alpha value is -2.70. The molecule has 2 aromatic carbocycles. The van der Waals surface area contributed by atoms with Crippen molar-refractivity contribution < 1.29 is 9.59 Å². The molecule has 1 saturated carbocycles. The van der Waals surface area contributed by atoms with E-state index in [0.29, 0.717) is 21.4 Å². The van der Waals surface area contributed by atoms with Gasteiger partial charge in [-0.1, -0.05) is 23.7 Å². The van der Waals surface area contributed by atoms with Crippen LogP contribution in [0.2, 0.25) is 5.02 Å². The first-order valence-electron chi connectivity index (χ1n) is 8.98. The molecule has 4 rings (SSSR count). The van der Waals surface area contributed by atoms with Crippen LogP contribution in [0.5, 0.6) is 0 Å². The Morgan fingerprint density at radius 3 is 2.43 bits per heavy atom. The highest BCUT2D eigenvalue weighted by Gasteiger charge is 2.29. The van der Waals surface area contributed by atoms with Gasteiger partial charge in [-0.25, -0.2) is 4.98 Å². The van der Waals surface area contributed by atoms with Crippen LogP contribution in [0.4, 0.5) is 10.8 Å². The minimum absolute atomic E-state index is 0.0493. The van der Waals surface area contributed by atoms with E-state index in [4.69, 9.17) is 11.6 Å². The Morgan fingerprint density at radius 2 is 1.75 bits per heavy atom. The number of anilines is 2. The molecule has 28 heavy (non-hydrogen) atoms. The summed E-state index contributed by atoms with van der Waals surface area (Å²) in [7, 11) is 0. The molecule has 1 fully saturated rings. The molecule has 0 atom stereocenters. The summed E-state index contributed by atoms with van der Waals surface area (Å²) in [6.45, 7) is 0. The average molecular weight is 412 g/mol. The van der Waals surface area contributed by atoms with Crippen LogP contribution in [0, 0.1) is 5.92 Å². The summed E-state index contributed by atoms with van der Waals surface area (Å²) in [5.74, 6) is -0.0318. The number of carbonyl (C=O) groups is 2. The lowest BCUT2D eigenvalue weighted by atomic mass is 10.1. The smallest absolute Gasteiger partial charge is 0.257 e. The molecule has 0 radical (unpaired) electrons. The van der Waals surface area contributed by atoms with Gasteiger partial charge in [-0.15, -0.1) is 11.3 Å². The van der Waals surface area contributed by atoms with E-state index in [1.54, 1.807) is 30.5 Å². The van der Waals surface area contributed by atoms with Crippen molar-refractivity contribution in [1.29, 1.82) is 0 Å². The van der Waals surface area contributed by atoms with Crippen LogP contribution in [0.25, 0.3) is 0 Å². The van der Waals surface area contributed by atoms with Gasteiger partial charge in [-0.3, -0.25) is 14.9 Å². The van der Waals surface area contributed by atoms with Crippen molar-refractivity contribution in [2.24, 2.45) is 5.92 Å². The van der Waals surface area contributed by atoms with Crippen LogP contribution >= 0.6 is 22.9 Å². The summed E-state index contributed by atoms with van der Waals surface area (Å²) in [6, 6.07) is 14.5. The lowest BCUT2D eigenvalue weighted by molar-refractivity contribution is -0.117. The molecule has 0 aliphatic heterocycles. The van der Waals surface area contributed by atoms with Gasteiger partial charge in [0.2, 0.25) is 5.91 Å². The number of carbonyl (C=O) groups excluding carboxylic acids is 2. The molecule has 0 saturated heterocycles. The third-order valence-electron chi connectivity index (χ3n) is 4.43. The molecule has 142 valence electrons. The van der Waals surface area contributed by atoms with Gasteiger partial charge >= 0.3 is 0 Å². The number of thiazole rings is 1. The third-order valence-corrected chi connectivity index (χ3v) is 5.59. The van der Waals surface area contributed by atoms with Crippen LogP contribution in [-0.2, 0) is 11.2 Å². The van der Waals surface area contributed by atoms with Crippen molar-refractivity contribution in [3.05, 3.63) is 75.8 Å². The highest BCUT2D eigenvalue weighted by molar-refractivity contribution is 7.15. The first-order chi connectivity index (χ1) is 13.6. The topological polar surface area (TPSA) is 71.1 Å². The Morgan fingerprint density at radius 1 is 1.04 bits per heavy atom. The second-order valence-electron chi connectivity index (χ2n) is 6.73. The molecule has 7 heteroatoms. The van der Waals surface area contributed by atoms with Gasteiger partial charge in [0.1, 0.15) is 0 Å². The zero-order valence-corrected chi connectivity index (χ0v) is 16.5. The third kappa shape index (κ3) is 4.77. The monoisotopic (exact) mass is 411 g/mol. The Labute approximate surface area is 171 Å². The van der Waals surface area contributed by atoms with Gasteiger partial charge in [0.05, 0.1) is 0 Å². The number of benzene rings is 2. The van der Waals surface area contributed by atoms with E-state index < -0.39 is 0 Å². The van der Waals surface area contributed by atoms with Crippen molar-refractivity contribution >= 4 is 45.6 Å². The Kier molecular flexibility index (Phi) is 5.41. The highest BCUT2D eigenvalue weighted by atomic mass is 35.5. The van der Waals surface area contributed by atoms with Crippen molar-refractivity contribution in [2.45, 2.75) is 19.3 Å². The summed E-state index contributed by atoms with van der Waals surface area (Å²) >= 11 is 7.35. The van der Waals surface area contributed by atoms with Crippen LogP contribution in [0.1, 0.15) is 33.6 Å². The molecule has 2 amide bonds. The number of hydrogen-bond donors (Lipinski definition) is 2. The number of halogens is 1. The molecule has 1 aliphatic carbocycles. The molecule has 1 heterocycles. The van der Waals surface area contributed by atoms with Crippen LogP contribution in [0.15, 0.2) is 54.7 Å². The van der Waals surface area contributed by atoms with Crippen LogP contribution < -0.4 is 10.6 Å². The lowest BCUT2D eigenvalue weighted by Gasteiger charge is -2.06. The van der Waals surface area contributed by atoms with Crippen molar-refractivity contribution in [3.63, 3.8) is 0 Å². The number of aromatic nitrogens is 1. The quantitative estimate of drug-likeness (QED) is 0.600. The normalized spacial score (nSPS) is 13.2. The first-order valence-corrected chi connectivity index (χ1v) is 10.2. The van der Waals surface area contributed by atoms with Crippen molar-refractivity contribution in [2.75, 3.05) is 10.6 Å². The maximum Gasteiger partial charge on any atom is 0.257 e. The average Bonchev–Trinajstić information content (AvgIpc) is 3.46. The summed E-state index contributed by atoms with van der Waals surface area (Å²) in [5, 5.41) is 6.95. The molecular formula is C21H18ClN3O2S. The second kappa shape index (κ2) is 8.12. The fraction of sp³-hybridized carbons (Fsp3) is 0.190.